The van der Waals surface area contributed by atoms with E-state index in [1.807, 2.05) is 18.2 Å². The Morgan fingerprint density at radius 1 is 1.00 bits per heavy atom. The molecule has 0 atom stereocenters. The molecule has 1 aromatic carbocycles. The van der Waals surface area contributed by atoms with Crippen molar-refractivity contribution in [2.24, 2.45) is 0 Å². The summed E-state index contributed by atoms with van der Waals surface area (Å²) in [5.41, 5.74) is 2.41. The van der Waals surface area contributed by atoms with Crippen molar-refractivity contribution in [1.29, 1.82) is 0 Å². The summed E-state index contributed by atoms with van der Waals surface area (Å²) >= 11 is 0. The second kappa shape index (κ2) is 9.60. The molecule has 8 heteroatoms. The zero-order valence-electron chi connectivity index (χ0n) is 17.5. The Bertz CT molecular complexity index is 898. The van der Waals surface area contributed by atoms with Crippen LogP contribution in [-0.2, 0) is 25.7 Å². The Labute approximate surface area is 176 Å². The maximum absolute atomic E-state index is 12.8. The first-order valence-electron chi connectivity index (χ1n) is 9.72. The Hall–Kier alpha value is -3.10. The molecule has 1 N–H and O–H groups in total. The molecule has 1 aromatic rings. The van der Waals surface area contributed by atoms with Crippen LogP contribution in [0, 0.1) is 0 Å². The predicted molar refractivity (Wildman–Crippen MR) is 114 cm³/mol. The van der Waals surface area contributed by atoms with Gasteiger partial charge in [0.2, 0.25) is 0 Å². The highest BCUT2D eigenvalue weighted by molar-refractivity contribution is 6.06. The number of allylic oxidation sites excluding steroid dienone is 2. The lowest BCUT2D eigenvalue weighted by Crippen LogP contribution is -2.45. The predicted octanol–water partition coefficient (Wildman–Crippen LogP) is 1.42. The van der Waals surface area contributed by atoms with E-state index in [2.05, 4.69) is 16.8 Å². The fourth-order valence-electron chi connectivity index (χ4n) is 3.53. The van der Waals surface area contributed by atoms with Gasteiger partial charge in [0.15, 0.2) is 0 Å². The van der Waals surface area contributed by atoms with Gasteiger partial charge in [-0.2, -0.15) is 0 Å². The molecule has 0 amide bonds. The summed E-state index contributed by atoms with van der Waals surface area (Å²) in [7, 11) is 4.62. The maximum Gasteiger partial charge on any atom is 0.355 e. The zero-order chi connectivity index (χ0) is 21.7. The van der Waals surface area contributed by atoms with Gasteiger partial charge < -0.3 is 29.3 Å². The highest BCUT2D eigenvalue weighted by Gasteiger charge is 2.30. The first kappa shape index (κ1) is 21.6. The monoisotopic (exact) mass is 413 g/mol. The standard InChI is InChI=1S/C22H27N3O5/c1-23-10-12-24(13-11-23)18-8-7-16(15-26)14-19(18)25-9-5-4-6-17(21(27)29-2)20(25)22(28)30-3/h4-9,14,26H,10-13,15H2,1-3H3. The van der Waals surface area contributed by atoms with E-state index in [0.717, 1.165) is 31.9 Å². The van der Waals surface area contributed by atoms with Gasteiger partial charge in [-0.05, 0) is 36.9 Å². The number of carbonyl (C=O) groups is 2. The van der Waals surface area contributed by atoms with Gasteiger partial charge in [0.1, 0.15) is 5.70 Å². The smallest absolute Gasteiger partial charge is 0.355 e. The van der Waals surface area contributed by atoms with Crippen LogP contribution < -0.4 is 9.80 Å². The number of benzene rings is 1. The first-order valence-corrected chi connectivity index (χ1v) is 9.72. The number of carbonyl (C=O) groups excluding carboxylic acids is 2. The minimum atomic E-state index is -0.662. The molecule has 0 aromatic heterocycles. The van der Waals surface area contributed by atoms with E-state index in [4.69, 9.17) is 9.47 Å². The van der Waals surface area contributed by atoms with Gasteiger partial charge in [-0.3, -0.25) is 0 Å². The minimum absolute atomic E-state index is 0.0554. The largest absolute Gasteiger partial charge is 0.465 e. The molecule has 2 aliphatic rings. The third-order valence-corrected chi connectivity index (χ3v) is 5.22. The Morgan fingerprint density at radius 2 is 1.70 bits per heavy atom. The molecule has 0 spiro atoms. The molecule has 2 heterocycles. The average Bonchev–Trinajstić information content (AvgIpc) is 3.01. The second-order valence-corrected chi connectivity index (χ2v) is 7.09. The van der Waals surface area contributed by atoms with E-state index in [-0.39, 0.29) is 17.9 Å². The third-order valence-electron chi connectivity index (χ3n) is 5.22. The number of ether oxygens (including phenoxy) is 2. The van der Waals surface area contributed by atoms with E-state index in [1.165, 1.54) is 20.3 Å². The number of hydrogen-bond acceptors (Lipinski definition) is 8. The Morgan fingerprint density at radius 3 is 2.33 bits per heavy atom. The summed E-state index contributed by atoms with van der Waals surface area (Å²) in [5, 5.41) is 9.70. The number of esters is 2. The van der Waals surface area contributed by atoms with Crippen molar-refractivity contribution < 1.29 is 24.2 Å². The average molecular weight is 413 g/mol. The van der Waals surface area contributed by atoms with E-state index < -0.39 is 11.9 Å². The molecule has 8 nitrogen and oxygen atoms in total. The van der Waals surface area contributed by atoms with E-state index in [1.54, 1.807) is 23.3 Å². The molecule has 2 aliphatic heterocycles. The van der Waals surface area contributed by atoms with E-state index >= 15 is 0 Å². The van der Waals surface area contributed by atoms with Crippen LogP contribution in [-0.4, -0.2) is 69.4 Å². The molecule has 0 radical (unpaired) electrons. The second-order valence-electron chi connectivity index (χ2n) is 7.09. The molecular weight excluding hydrogens is 386 g/mol. The molecule has 0 aliphatic carbocycles. The van der Waals surface area contributed by atoms with Crippen LogP contribution in [0.1, 0.15) is 5.56 Å². The zero-order valence-corrected chi connectivity index (χ0v) is 17.5. The van der Waals surface area contributed by atoms with Crippen molar-refractivity contribution in [3.05, 3.63) is 59.5 Å². The summed E-state index contributed by atoms with van der Waals surface area (Å²) in [6.45, 7) is 3.31. The SMILES string of the molecule is COC(=O)C1=C(C(=O)OC)N(c2cc(CO)ccc2N2CCN(C)CC2)C=CC=C1. The lowest BCUT2D eigenvalue weighted by molar-refractivity contribution is -0.139. The van der Waals surface area contributed by atoms with Gasteiger partial charge in [-0.15, -0.1) is 0 Å². The summed E-state index contributed by atoms with van der Waals surface area (Å²) in [4.78, 5) is 31.3. The number of anilines is 2. The van der Waals surface area contributed by atoms with Gasteiger partial charge in [0.05, 0.1) is 37.8 Å². The van der Waals surface area contributed by atoms with Gasteiger partial charge in [0.25, 0.3) is 0 Å². The van der Waals surface area contributed by atoms with Crippen LogP contribution in [0.2, 0.25) is 0 Å². The summed E-state index contributed by atoms with van der Waals surface area (Å²) < 4.78 is 9.89. The Balaban J connectivity index is 2.17. The summed E-state index contributed by atoms with van der Waals surface area (Å²) in [6, 6.07) is 5.62. The van der Waals surface area contributed by atoms with Crippen molar-refractivity contribution in [2.45, 2.75) is 6.61 Å². The van der Waals surface area contributed by atoms with Crippen molar-refractivity contribution in [3.8, 4) is 0 Å². The Kier molecular flexibility index (Phi) is 6.91. The van der Waals surface area contributed by atoms with Crippen LogP contribution >= 0.6 is 0 Å². The number of likely N-dealkylation sites (N-methyl/N-ethyl adjacent to an activating group) is 1. The number of methoxy groups -OCH3 is 2. The molecule has 0 bridgehead atoms. The maximum atomic E-state index is 12.8. The molecule has 0 saturated carbocycles. The van der Waals surface area contributed by atoms with E-state index in [9.17, 15) is 14.7 Å². The highest BCUT2D eigenvalue weighted by Crippen LogP contribution is 2.36. The molecule has 0 unspecified atom stereocenters. The van der Waals surface area contributed by atoms with Crippen LogP contribution in [0.4, 0.5) is 11.4 Å². The number of aliphatic hydroxyl groups is 1. The molecule has 3 rings (SSSR count). The lowest BCUT2D eigenvalue weighted by atomic mass is 10.1. The highest BCUT2D eigenvalue weighted by atomic mass is 16.5. The van der Waals surface area contributed by atoms with Gasteiger partial charge >= 0.3 is 11.9 Å². The van der Waals surface area contributed by atoms with Gasteiger partial charge in [-0.1, -0.05) is 12.1 Å². The van der Waals surface area contributed by atoms with E-state index in [0.29, 0.717) is 11.3 Å². The van der Waals surface area contributed by atoms with Crippen LogP contribution in [0.25, 0.3) is 0 Å². The summed E-state index contributed by atoms with van der Waals surface area (Å²) in [6.07, 6.45) is 6.63. The first-order chi connectivity index (χ1) is 14.5. The number of aliphatic hydroxyl groups excluding tert-OH is 1. The van der Waals surface area contributed by atoms with Crippen molar-refractivity contribution >= 4 is 23.3 Å². The van der Waals surface area contributed by atoms with Crippen LogP contribution in [0.5, 0.6) is 0 Å². The minimum Gasteiger partial charge on any atom is -0.465 e. The third kappa shape index (κ3) is 4.39. The van der Waals surface area contributed by atoms with Gasteiger partial charge in [0, 0.05) is 32.4 Å². The molecule has 1 fully saturated rings. The topological polar surface area (TPSA) is 82.5 Å². The van der Waals surface area contributed by atoms with Crippen LogP contribution in [0.15, 0.2) is 53.9 Å². The molecule has 30 heavy (non-hydrogen) atoms. The molecule has 160 valence electrons. The molecule has 1 saturated heterocycles. The number of rotatable bonds is 5. The number of piperazine rings is 1. The normalized spacial score (nSPS) is 17.2. The van der Waals surface area contributed by atoms with Crippen molar-refractivity contribution in [3.63, 3.8) is 0 Å². The fraction of sp³-hybridized carbons (Fsp3) is 0.364. The fourth-order valence-corrected chi connectivity index (χ4v) is 3.53. The quantitative estimate of drug-likeness (QED) is 0.726. The lowest BCUT2D eigenvalue weighted by Gasteiger charge is -2.37. The van der Waals surface area contributed by atoms with Crippen LogP contribution in [0.3, 0.4) is 0 Å². The number of hydrogen-bond donors (Lipinski definition) is 1. The molecular formula is C22H27N3O5. The summed E-state index contributed by atoms with van der Waals surface area (Å²) in [5.74, 6) is -1.30. The van der Waals surface area contributed by atoms with Crippen molar-refractivity contribution in [2.75, 3.05) is 57.2 Å². The number of nitrogens with zero attached hydrogens (tertiary/aromatic N) is 3. The van der Waals surface area contributed by atoms with Gasteiger partial charge in [-0.25, -0.2) is 9.59 Å². The van der Waals surface area contributed by atoms with Crippen molar-refractivity contribution in [1.82, 2.24) is 4.90 Å².